The molecule has 3 heterocycles. The lowest BCUT2D eigenvalue weighted by molar-refractivity contribution is -0.118. The van der Waals surface area contributed by atoms with Gasteiger partial charge in [0, 0.05) is 30.0 Å². The molecule has 3 aromatic rings. The monoisotopic (exact) mass is 545 g/mol. The highest BCUT2D eigenvalue weighted by Crippen LogP contribution is 2.65. The van der Waals surface area contributed by atoms with E-state index in [2.05, 4.69) is 22.2 Å². The Hall–Kier alpha value is -3.30. The van der Waals surface area contributed by atoms with E-state index >= 15 is 0 Å². The highest BCUT2D eigenvalue weighted by Gasteiger charge is 2.60. The number of methoxy groups -OCH3 is 1. The van der Waals surface area contributed by atoms with Crippen LogP contribution in [-0.2, 0) is 4.79 Å². The normalized spacial score (nSPS) is 20.3. The minimum atomic E-state index is -0.0321. The van der Waals surface area contributed by atoms with Crippen molar-refractivity contribution in [1.29, 1.82) is 0 Å². The van der Waals surface area contributed by atoms with Crippen molar-refractivity contribution >= 4 is 28.8 Å². The molecule has 39 heavy (non-hydrogen) atoms. The van der Waals surface area contributed by atoms with Crippen LogP contribution in [0.5, 0.6) is 5.75 Å². The number of thiophene rings is 1. The van der Waals surface area contributed by atoms with Gasteiger partial charge in [-0.1, -0.05) is 12.5 Å². The first-order valence-electron chi connectivity index (χ1n) is 13.7. The van der Waals surface area contributed by atoms with E-state index in [1.165, 1.54) is 30.6 Å². The molecule has 2 saturated carbocycles. The van der Waals surface area contributed by atoms with Crippen molar-refractivity contribution in [1.82, 2.24) is 19.8 Å². The van der Waals surface area contributed by atoms with Gasteiger partial charge in [-0.2, -0.15) is 0 Å². The number of carbonyl (C=O) groups excluding carboxylic acids is 2. The topological polar surface area (TPSA) is 87.7 Å². The zero-order valence-corrected chi connectivity index (χ0v) is 23.6. The van der Waals surface area contributed by atoms with Crippen LogP contribution in [0.1, 0.15) is 48.9 Å². The Labute approximate surface area is 233 Å². The van der Waals surface area contributed by atoms with Gasteiger partial charge in [-0.15, -0.1) is 11.3 Å². The number of nitrogens with one attached hydrogen (secondary N) is 1. The lowest BCUT2D eigenvalue weighted by Gasteiger charge is -2.35. The summed E-state index contributed by atoms with van der Waals surface area (Å²) in [6.07, 6.45) is 10.1. The highest BCUT2D eigenvalue weighted by molar-refractivity contribution is 7.14. The minimum Gasteiger partial charge on any atom is -0.496 e. The number of piperidine rings is 1. The summed E-state index contributed by atoms with van der Waals surface area (Å²) in [5.74, 6) is 0.805. The van der Waals surface area contributed by atoms with Gasteiger partial charge in [0.05, 0.1) is 47.0 Å². The molecule has 2 amide bonds. The third-order valence-electron chi connectivity index (χ3n) is 8.89. The Morgan fingerprint density at radius 3 is 2.62 bits per heavy atom. The van der Waals surface area contributed by atoms with E-state index in [1.54, 1.807) is 19.5 Å². The van der Waals surface area contributed by atoms with E-state index in [4.69, 9.17) is 9.72 Å². The summed E-state index contributed by atoms with van der Waals surface area (Å²) in [6.45, 7) is 1.99. The van der Waals surface area contributed by atoms with Crippen LogP contribution in [0.25, 0.3) is 21.8 Å². The van der Waals surface area contributed by atoms with Gasteiger partial charge in [0.1, 0.15) is 5.75 Å². The van der Waals surface area contributed by atoms with E-state index in [1.807, 2.05) is 41.6 Å². The molecule has 3 fully saturated rings. The van der Waals surface area contributed by atoms with Crippen molar-refractivity contribution in [2.45, 2.75) is 44.6 Å². The molecule has 204 valence electrons. The average Bonchev–Trinajstić information content (AvgIpc) is 3.57. The summed E-state index contributed by atoms with van der Waals surface area (Å²) in [6, 6.07) is 7.77. The quantitative estimate of drug-likeness (QED) is 0.441. The van der Waals surface area contributed by atoms with Crippen molar-refractivity contribution in [3.05, 3.63) is 47.6 Å². The first-order valence-corrected chi connectivity index (χ1v) is 14.6. The van der Waals surface area contributed by atoms with Crippen molar-refractivity contribution in [2.24, 2.45) is 11.3 Å². The zero-order chi connectivity index (χ0) is 27.1. The Balaban J connectivity index is 1.17. The number of hydrogen-bond donors (Lipinski definition) is 1. The molecule has 3 aliphatic rings. The molecule has 2 aliphatic carbocycles. The fourth-order valence-corrected chi connectivity index (χ4v) is 6.85. The molecule has 8 nitrogen and oxygen atoms in total. The third kappa shape index (κ3) is 5.05. The summed E-state index contributed by atoms with van der Waals surface area (Å²) < 4.78 is 5.65. The smallest absolute Gasteiger partial charge is 0.257 e. The number of nitrogens with zero attached hydrogens (tertiary/aromatic N) is 4. The van der Waals surface area contributed by atoms with Gasteiger partial charge in [0.15, 0.2) is 0 Å². The number of anilines is 1. The van der Waals surface area contributed by atoms with E-state index in [9.17, 15) is 9.59 Å². The van der Waals surface area contributed by atoms with Gasteiger partial charge >= 0.3 is 0 Å². The van der Waals surface area contributed by atoms with E-state index in [0.717, 1.165) is 54.2 Å². The zero-order valence-electron chi connectivity index (χ0n) is 22.8. The maximum Gasteiger partial charge on any atom is 0.257 e. The predicted octanol–water partition coefficient (Wildman–Crippen LogP) is 5.18. The first-order chi connectivity index (χ1) is 18.9. The van der Waals surface area contributed by atoms with Gasteiger partial charge in [-0.05, 0) is 75.9 Å². The molecule has 1 unspecified atom stereocenters. The van der Waals surface area contributed by atoms with Crippen LogP contribution in [0.15, 0.2) is 42.0 Å². The van der Waals surface area contributed by atoms with Gasteiger partial charge in [-0.3, -0.25) is 14.6 Å². The van der Waals surface area contributed by atoms with Crippen LogP contribution in [0.2, 0.25) is 0 Å². The lowest BCUT2D eigenvalue weighted by atomic mass is 9.80. The Bertz CT molecular complexity index is 1390. The molecule has 0 radical (unpaired) electrons. The average molecular weight is 546 g/mol. The number of carbonyl (C=O) groups is 2. The number of aromatic nitrogens is 2. The van der Waals surface area contributed by atoms with E-state index < -0.39 is 0 Å². The summed E-state index contributed by atoms with van der Waals surface area (Å²) >= 11 is 1.54. The second-order valence-corrected chi connectivity index (χ2v) is 12.2. The molecule has 1 aromatic carbocycles. The van der Waals surface area contributed by atoms with Crippen LogP contribution in [0, 0.1) is 11.3 Å². The standard InChI is InChI=1S/C30H35N5O3S/c1-34-11-7-21(8-12-34)35(2)29(37)22-6-5-19(13-26(22)38-3)24-16-31-17-25(33-24)27-14-20(18-39-27)32-28(36)23-15-30(23)9-4-10-30/h5-6,13-14,16-18,21,23H,4,7-12,15H2,1-3H3,(H,32,36). The fourth-order valence-electron chi connectivity index (χ4n) is 6.06. The number of amides is 2. The van der Waals surface area contributed by atoms with Crippen molar-refractivity contribution in [3.8, 4) is 27.6 Å². The van der Waals surface area contributed by atoms with E-state index in [0.29, 0.717) is 22.4 Å². The summed E-state index contributed by atoms with van der Waals surface area (Å²) in [5, 5.41) is 5.06. The summed E-state index contributed by atoms with van der Waals surface area (Å²) in [5.41, 5.74) is 3.92. The van der Waals surface area contributed by atoms with Crippen LogP contribution < -0.4 is 10.1 Å². The largest absolute Gasteiger partial charge is 0.496 e. The highest BCUT2D eigenvalue weighted by atomic mass is 32.1. The summed E-state index contributed by atoms with van der Waals surface area (Å²) in [7, 11) is 5.59. The maximum atomic E-state index is 13.3. The lowest BCUT2D eigenvalue weighted by Crippen LogP contribution is -2.44. The van der Waals surface area contributed by atoms with E-state index in [-0.39, 0.29) is 23.8 Å². The number of rotatable bonds is 7. The third-order valence-corrected chi connectivity index (χ3v) is 9.85. The van der Waals surface area contributed by atoms with Crippen molar-refractivity contribution in [3.63, 3.8) is 0 Å². The Kier molecular flexibility index (Phi) is 6.89. The molecule has 1 aliphatic heterocycles. The first kappa shape index (κ1) is 26.0. The molecule has 6 rings (SSSR count). The van der Waals surface area contributed by atoms with Crippen LogP contribution in [-0.4, -0.2) is 71.9 Å². The minimum absolute atomic E-state index is 0.0321. The maximum absolute atomic E-state index is 13.3. The SMILES string of the molecule is COc1cc(-c2cncc(-c3cc(NC(=O)C4CC45CCC5)cs3)n2)ccc1C(=O)N(C)C1CCN(C)CC1. The molecule has 0 bridgehead atoms. The van der Waals surface area contributed by atoms with Crippen LogP contribution in [0.3, 0.4) is 0 Å². The molecule has 1 atom stereocenters. The van der Waals surface area contributed by atoms with Gasteiger partial charge in [0.25, 0.3) is 5.91 Å². The molecule has 1 spiro atoms. The molecule has 9 heteroatoms. The fraction of sp³-hybridized carbons (Fsp3) is 0.467. The van der Waals surface area contributed by atoms with Gasteiger partial charge in [0.2, 0.25) is 5.91 Å². The predicted molar refractivity (Wildman–Crippen MR) is 153 cm³/mol. The second kappa shape index (κ2) is 10.4. The molecular weight excluding hydrogens is 510 g/mol. The Morgan fingerprint density at radius 1 is 1.15 bits per heavy atom. The second-order valence-electron chi connectivity index (χ2n) is 11.3. The number of ether oxygens (including phenoxy) is 1. The number of benzene rings is 1. The molecule has 2 aromatic heterocycles. The van der Waals surface area contributed by atoms with Crippen LogP contribution >= 0.6 is 11.3 Å². The molecule has 1 saturated heterocycles. The van der Waals surface area contributed by atoms with Crippen molar-refractivity contribution < 1.29 is 14.3 Å². The van der Waals surface area contributed by atoms with Gasteiger partial charge in [-0.25, -0.2) is 4.98 Å². The van der Waals surface area contributed by atoms with Crippen molar-refractivity contribution in [2.75, 3.05) is 39.6 Å². The van der Waals surface area contributed by atoms with Gasteiger partial charge < -0.3 is 19.9 Å². The van der Waals surface area contributed by atoms with Crippen LogP contribution in [0.4, 0.5) is 5.69 Å². The summed E-state index contributed by atoms with van der Waals surface area (Å²) in [4.78, 5) is 40.4. The molecular formula is C30H35N5O3S. The molecule has 1 N–H and O–H groups in total. The number of hydrogen-bond acceptors (Lipinski definition) is 7. The number of likely N-dealkylation sites (tertiary alicyclic amines) is 1. The Morgan fingerprint density at radius 2 is 1.92 bits per heavy atom.